The van der Waals surface area contributed by atoms with Crippen LogP contribution in [0.1, 0.15) is 33.6 Å². The van der Waals surface area contributed by atoms with E-state index in [0.29, 0.717) is 24.3 Å². The molecule has 2 aliphatic rings. The summed E-state index contributed by atoms with van der Waals surface area (Å²) in [6.45, 7) is 6.67. The lowest BCUT2D eigenvalue weighted by Crippen LogP contribution is -2.57. The molecule has 2 fully saturated rings. The van der Waals surface area contributed by atoms with Crippen molar-refractivity contribution in [1.29, 1.82) is 0 Å². The number of carbonyl (C=O) groups is 1. The van der Waals surface area contributed by atoms with Gasteiger partial charge in [0.2, 0.25) is 5.28 Å². The summed E-state index contributed by atoms with van der Waals surface area (Å²) in [5, 5.41) is 0.685. The fourth-order valence-electron chi connectivity index (χ4n) is 4.06. The average molecular weight is 506 g/mol. The van der Waals surface area contributed by atoms with Crippen molar-refractivity contribution in [3.8, 4) is 0 Å². The molecule has 0 saturated carbocycles. The third-order valence-electron chi connectivity index (χ3n) is 5.17. The van der Waals surface area contributed by atoms with Gasteiger partial charge in [-0.15, -0.1) is 0 Å². The van der Waals surface area contributed by atoms with Gasteiger partial charge >= 0.3 is 6.09 Å². The van der Waals surface area contributed by atoms with Gasteiger partial charge in [0.15, 0.2) is 5.82 Å². The molecule has 156 valence electrons. The van der Waals surface area contributed by atoms with Crippen molar-refractivity contribution in [2.75, 3.05) is 18.0 Å². The Morgan fingerprint density at radius 2 is 1.86 bits per heavy atom. The number of ether oxygens (including phenoxy) is 1. The van der Waals surface area contributed by atoms with Gasteiger partial charge in [-0.05, 0) is 67.2 Å². The smallest absolute Gasteiger partial charge is 0.410 e. The number of halogens is 4. The number of hydrogen-bond acceptors (Lipinski definition) is 5. The lowest BCUT2D eigenvalue weighted by atomic mass is 10.1. The Morgan fingerprint density at radius 3 is 2.45 bits per heavy atom. The van der Waals surface area contributed by atoms with Crippen molar-refractivity contribution in [2.45, 2.75) is 51.3 Å². The molecular formula is C19H20BrCl2FN4O2. The lowest BCUT2D eigenvalue weighted by Gasteiger charge is -2.42. The van der Waals surface area contributed by atoms with Crippen LogP contribution < -0.4 is 4.90 Å². The summed E-state index contributed by atoms with van der Waals surface area (Å²) in [5.74, 6) is -0.0533. The van der Waals surface area contributed by atoms with Crippen molar-refractivity contribution in [3.05, 3.63) is 26.7 Å². The molecule has 0 radical (unpaired) electrons. The fraction of sp³-hybridized carbons (Fsp3) is 0.526. The SMILES string of the molecule is CC(C)(C)OC(=O)N1C2CCC1CN(c1nc(Cl)nc3c(F)c(Br)c(Cl)cc13)C2. The summed E-state index contributed by atoms with van der Waals surface area (Å²) in [4.78, 5) is 25.0. The van der Waals surface area contributed by atoms with E-state index in [1.165, 1.54) is 0 Å². The van der Waals surface area contributed by atoms with Gasteiger partial charge in [0.05, 0.1) is 21.6 Å². The Kier molecular flexibility index (Phi) is 5.32. The maximum absolute atomic E-state index is 14.7. The molecule has 3 heterocycles. The monoisotopic (exact) mass is 504 g/mol. The van der Waals surface area contributed by atoms with Gasteiger partial charge in [0, 0.05) is 18.5 Å². The van der Waals surface area contributed by atoms with Crippen LogP contribution >= 0.6 is 39.1 Å². The minimum atomic E-state index is -0.576. The number of nitrogens with zero attached hydrogens (tertiary/aromatic N) is 4. The Labute approximate surface area is 186 Å². The number of rotatable bonds is 1. The van der Waals surface area contributed by atoms with Crippen molar-refractivity contribution in [3.63, 3.8) is 0 Å². The zero-order valence-corrected chi connectivity index (χ0v) is 19.3. The molecule has 4 rings (SSSR count). The standard InChI is InChI=1S/C19H20BrCl2FN4O2/c1-19(2,3)29-18(28)27-9-4-5-10(27)8-26(7-9)16-11-6-12(21)13(20)14(23)15(11)24-17(22)25-16/h6,9-10H,4-5,7-8H2,1-3H3. The zero-order valence-electron chi connectivity index (χ0n) is 16.2. The maximum Gasteiger partial charge on any atom is 0.410 e. The van der Waals surface area contributed by atoms with E-state index in [2.05, 4.69) is 25.9 Å². The van der Waals surface area contributed by atoms with E-state index >= 15 is 0 Å². The summed E-state index contributed by atoms with van der Waals surface area (Å²) in [6, 6.07) is 1.61. The largest absolute Gasteiger partial charge is 0.444 e. The number of amides is 1. The Bertz CT molecular complexity index is 987. The molecule has 2 unspecified atom stereocenters. The quantitative estimate of drug-likeness (QED) is 0.382. The predicted molar refractivity (Wildman–Crippen MR) is 114 cm³/mol. The van der Waals surface area contributed by atoms with E-state index in [1.807, 2.05) is 30.6 Å². The maximum atomic E-state index is 14.7. The highest BCUT2D eigenvalue weighted by Gasteiger charge is 2.45. The third kappa shape index (κ3) is 3.86. The predicted octanol–water partition coefficient (Wildman–Crippen LogP) is 5.43. The van der Waals surface area contributed by atoms with Gasteiger partial charge in [0.25, 0.3) is 0 Å². The molecule has 10 heteroatoms. The molecule has 29 heavy (non-hydrogen) atoms. The second-order valence-electron chi connectivity index (χ2n) is 8.38. The molecule has 1 aromatic heterocycles. The molecule has 2 bridgehead atoms. The van der Waals surface area contributed by atoms with Crippen molar-refractivity contribution in [2.24, 2.45) is 0 Å². The minimum absolute atomic E-state index is 0.0110. The van der Waals surface area contributed by atoms with Crippen LogP contribution in [0.5, 0.6) is 0 Å². The van der Waals surface area contributed by atoms with E-state index in [-0.39, 0.29) is 38.5 Å². The molecule has 0 aliphatic carbocycles. The normalized spacial score (nSPS) is 21.8. The third-order valence-corrected chi connectivity index (χ3v) is 6.64. The Hall–Kier alpha value is -1.38. The van der Waals surface area contributed by atoms with Crippen molar-refractivity contribution >= 4 is 61.9 Å². The average Bonchev–Trinajstić information content (AvgIpc) is 2.89. The highest BCUT2D eigenvalue weighted by atomic mass is 79.9. The number of benzene rings is 1. The van der Waals surface area contributed by atoms with E-state index in [4.69, 9.17) is 27.9 Å². The number of aromatic nitrogens is 2. The topological polar surface area (TPSA) is 58.6 Å². The highest BCUT2D eigenvalue weighted by molar-refractivity contribution is 9.10. The first-order valence-corrected chi connectivity index (χ1v) is 10.9. The highest BCUT2D eigenvalue weighted by Crippen LogP contribution is 2.39. The lowest BCUT2D eigenvalue weighted by molar-refractivity contribution is 0.0123. The van der Waals surface area contributed by atoms with Gasteiger partial charge in [-0.2, -0.15) is 4.98 Å². The second-order valence-corrected chi connectivity index (χ2v) is 9.91. The Morgan fingerprint density at radius 1 is 1.24 bits per heavy atom. The molecule has 2 aromatic rings. The minimum Gasteiger partial charge on any atom is -0.444 e. The Balaban J connectivity index is 1.68. The molecular weight excluding hydrogens is 486 g/mol. The first-order valence-electron chi connectivity index (χ1n) is 9.32. The van der Waals surface area contributed by atoms with E-state index in [0.717, 1.165) is 12.8 Å². The zero-order chi connectivity index (χ0) is 21.1. The van der Waals surface area contributed by atoms with Crippen molar-refractivity contribution in [1.82, 2.24) is 14.9 Å². The second kappa shape index (κ2) is 7.39. The summed E-state index contributed by atoms with van der Waals surface area (Å²) in [5.41, 5.74) is -0.440. The number of piperazine rings is 1. The van der Waals surface area contributed by atoms with E-state index < -0.39 is 11.4 Å². The van der Waals surface area contributed by atoms with Gasteiger partial charge in [0.1, 0.15) is 16.9 Å². The van der Waals surface area contributed by atoms with Crippen LogP contribution in [0.4, 0.5) is 15.0 Å². The molecule has 1 amide bonds. The molecule has 0 spiro atoms. The van der Waals surface area contributed by atoms with Gasteiger partial charge in [-0.3, -0.25) is 4.90 Å². The van der Waals surface area contributed by atoms with Crippen LogP contribution in [0.3, 0.4) is 0 Å². The molecule has 2 aliphatic heterocycles. The molecule has 2 saturated heterocycles. The first-order chi connectivity index (χ1) is 13.5. The number of hydrogen-bond donors (Lipinski definition) is 0. The molecule has 0 N–H and O–H groups in total. The van der Waals surface area contributed by atoms with Crippen LogP contribution in [-0.2, 0) is 4.74 Å². The summed E-state index contributed by atoms with van der Waals surface area (Å²) < 4.78 is 20.4. The molecule has 1 aromatic carbocycles. The number of fused-ring (bicyclic) bond motifs is 3. The summed E-state index contributed by atoms with van der Waals surface area (Å²) >= 11 is 15.4. The van der Waals surface area contributed by atoms with Crippen molar-refractivity contribution < 1.29 is 13.9 Å². The van der Waals surface area contributed by atoms with Crippen LogP contribution in [0.2, 0.25) is 10.3 Å². The van der Waals surface area contributed by atoms with Gasteiger partial charge in [-0.25, -0.2) is 14.2 Å². The van der Waals surface area contributed by atoms with Crippen LogP contribution in [0.25, 0.3) is 10.9 Å². The molecule has 6 nitrogen and oxygen atoms in total. The van der Waals surface area contributed by atoms with E-state index in [9.17, 15) is 9.18 Å². The molecule has 2 atom stereocenters. The van der Waals surface area contributed by atoms with Crippen LogP contribution in [0, 0.1) is 5.82 Å². The number of carbonyl (C=O) groups excluding carboxylic acids is 1. The van der Waals surface area contributed by atoms with Crippen LogP contribution in [-0.4, -0.2) is 51.7 Å². The van der Waals surface area contributed by atoms with E-state index in [1.54, 1.807) is 6.07 Å². The van der Waals surface area contributed by atoms with Crippen LogP contribution in [0.15, 0.2) is 10.5 Å². The van der Waals surface area contributed by atoms with Gasteiger partial charge < -0.3 is 9.64 Å². The van der Waals surface area contributed by atoms with Gasteiger partial charge in [-0.1, -0.05) is 11.6 Å². The fourth-order valence-corrected chi connectivity index (χ4v) is 4.72. The summed E-state index contributed by atoms with van der Waals surface area (Å²) in [6.07, 6.45) is 1.45. The summed E-state index contributed by atoms with van der Waals surface area (Å²) in [7, 11) is 0. The number of anilines is 1. The first kappa shape index (κ1) is 20.9.